The van der Waals surface area contributed by atoms with Crippen LogP contribution >= 0.6 is 11.6 Å². The van der Waals surface area contributed by atoms with Crippen LogP contribution < -0.4 is 10.0 Å². The van der Waals surface area contributed by atoms with Gasteiger partial charge in [-0.1, -0.05) is 35.9 Å². The summed E-state index contributed by atoms with van der Waals surface area (Å²) >= 11 is 6.12. The van der Waals surface area contributed by atoms with E-state index in [9.17, 15) is 13.2 Å². The summed E-state index contributed by atoms with van der Waals surface area (Å²) in [4.78, 5) is 16.4. The molecule has 0 aliphatic heterocycles. The molecule has 0 saturated carbocycles. The summed E-state index contributed by atoms with van der Waals surface area (Å²) in [6.07, 6.45) is 1.47. The lowest BCUT2D eigenvalue weighted by Crippen LogP contribution is -2.17. The lowest BCUT2D eigenvalue weighted by molar-refractivity contribution is 0.102. The number of aryl methyl sites for hydroxylation is 1. The Labute approximate surface area is 162 Å². The summed E-state index contributed by atoms with van der Waals surface area (Å²) in [6, 6.07) is 16.1. The van der Waals surface area contributed by atoms with Gasteiger partial charge in [-0.25, -0.2) is 13.4 Å². The summed E-state index contributed by atoms with van der Waals surface area (Å²) in [7, 11) is -3.92. The van der Waals surface area contributed by atoms with E-state index in [2.05, 4.69) is 15.0 Å². The van der Waals surface area contributed by atoms with Crippen LogP contribution in [0.1, 0.15) is 15.9 Å². The van der Waals surface area contributed by atoms with Gasteiger partial charge >= 0.3 is 0 Å². The number of hydrogen-bond acceptors (Lipinski definition) is 4. The van der Waals surface area contributed by atoms with Crippen LogP contribution in [0.25, 0.3) is 0 Å². The van der Waals surface area contributed by atoms with Crippen molar-refractivity contribution in [1.29, 1.82) is 0 Å². The number of carbonyl (C=O) groups is 1. The summed E-state index contributed by atoms with van der Waals surface area (Å²) in [5.74, 6) is -0.317. The Hall–Kier alpha value is -2.90. The fraction of sp³-hybridized carbons (Fsp3) is 0.0526. The number of carbonyl (C=O) groups excluding carboxylic acids is 1. The Morgan fingerprint density at radius 3 is 2.48 bits per heavy atom. The molecule has 0 spiro atoms. The molecule has 0 aliphatic carbocycles. The van der Waals surface area contributed by atoms with Crippen molar-refractivity contribution in [1.82, 2.24) is 4.98 Å². The van der Waals surface area contributed by atoms with Gasteiger partial charge in [0, 0.05) is 11.9 Å². The van der Waals surface area contributed by atoms with Crippen molar-refractivity contribution in [3.8, 4) is 0 Å². The Balaban J connectivity index is 1.90. The molecule has 0 atom stereocenters. The fourth-order valence-electron chi connectivity index (χ4n) is 2.37. The molecule has 0 fully saturated rings. The molecule has 1 heterocycles. The molecule has 0 radical (unpaired) electrons. The van der Waals surface area contributed by atoms with E-state index in [1.54, 1.807) is 24.3 Å². The normalized spacial score (nSPS) is 11.0. The number of benzene rings is 2. The molecular weight excluding hydrogens is 386 g/mol. The molecule has 8 heteroatoms. The van der Waals surface area contributed by atoms with Crippen LogP contribution in [0.4, 0.5) is 11.5 Å². The smallest absolute Gasteiger partial charge is 0.263 e. The molecule has 3 aromatic rings. The molecule has 0 unspecified atom stereocenters. The number of rotatable bonds is 5. The second-order valence-corrected chi connectivity index (χ2v) is 7.82. The molecule has 1 aromatic heterocycles. The van der Waals surface area contributed by atoms with Gasteiger partial charge in [-0.3, -0.25) is 9.52 Å². The van der Waals surface area contributed by atoms with Crippen molar-refractivity contribution in [3.63, 3.8) is 0 Å². The van der Waals surface area contributed by atoms with Gasteiger partial charge in [-0.15, -0.1) is 0 Å². The van der Waals surface area contributed by atoms with Gasteiger partial charge in [0.25, 0.3) is 15.9 Å². The molecule has 27 heavy (non-hydrogen) atoms. The molecule has 1 amide bonds. The molecular formula is C19H16ClN3O3S. The van der Waals surface area contributed by atoms with E-state index < -0.39 is 15.9 Å². The van der Waals surface area contributed by atoms with E-state index in [0.717, 1.165) is 5.56 Å². The van der Waals surface area contributed by atoms with E-state index in [1.807, 2.05) is 19.1 Å². The Kier molecular flexibility index (Phi) is 5.43. The van der Waals surface area contributed by atoms with Crippen LogP contribution in [0, 0.1) is 6.92 Å². The first kappa shape index (κ1) is 18.9. The second kappa shape index (κ2) is 7.77. The minimum absolute atomic E-state index is 0.0591. The van der Waals surface area contributed by atoms with Gasteiger partial charge in [0.2, 0.25) is 0 Å². The minimum atomic E-state index is -3.92. The first-order chi connectivity index (χ1) is 12.9. The number of halogens is 1. The van der Waals surface area contributed by atoms with E-state index in [0.29, 0.717) is 5.69 Å². The molecule has 138 valence electrons. The van der Waals surface area contributed by atoms with Crippen LogP contribution in [-0.4, -0.2) is 19.3 Å². The van der Waals surface area contributed by atoms with Crippen LogP contribution in [0.3, 0.4) is 0 Å². The SMILES string of the molecule is Cc1ccccc1NC(=O)c1cc(S(=O)(=O)Nc2ccccn2)ccc1Cl. The van der Waals surface area contributed by atoms with Crippen LogP contribution in [-0.2, 0) is 10.0 Å². The lowest BCUT2D eigenvalue weighted by Gasteiger charge is -2.11. The maximum Gasteiger partial charge on any atom is 0.263 e. The maximum absolute atomic E-state index is 12.6. The van der Waals surface area contributed by atoms with Crippen LogP contribution in [0.15, 0.2) is 71.8 Å². The van der Waals surface area contributed by atoms with Gasteiger partial charge < -0.3 is 5.32 Å². The highest BCUT2D eigenvalue weighted by Gasteiger charge is 2.19. The average molecular weight is 402 g/mol. The highest BCUT2D eigenvalue weighted by Crippen LogP contribution is 2.24. The molecule has 0 bridgehead atoms. The minimum Gasteiger partial charge on any atom is -0.322 e. The maximum atomic E-state index is 12.6. The summed E-state index contributed by atoms with van der Waals surface area (Å²) < 4.78 is 27.5. The molecule has 6 nitrogen and oxygen atoms in total. The second-order valence-electron chi connectivity index (χ2n) is 5.73. The van der Waals surface area contributed by atoms with Crippen molar-refractivity contribution in [2.24, 2.45) is 0 Å². The van der Waals surface area contributed by atoms with Crippen LogP contribution in [0.5, 0.6) is 0 Å². The predicted octanol–water partition coefficient (Wildman–Crippen LogP) is 4.10. The van der Waals surface area contributed by atoms with Gasteiger partial charge in [0.15, 0.2) is 0 Å². The molecule has 0 aliphatic rings. The number of nitrogens with one attached hydrogen (secondary N) is 2. The summed E-state index contributed by atoms with van der Waals surface area (Å²) in [5, 5.41) is 2.90. The lowest BCUT2D eigenvalue weighted by atomic mass is 10.1. The van der Waals surface area contributed by atoms with Crippen molar-refractivity contribution in [3.05, 3.63) is 83.0 Å². The fourth-order valence-corrected chi connectivity index (χ4v) is 3.61. The third-order valence-corrected chi connectivity index (χ3v) is 5.47. The van der Waals surface area contributed by atoms with Crippen molar-refractivity contribution in [2.45, 2.75) is 11.8 Å². The predicted molar refractivity (Wildman–Crippen MR) is 106 cm³/mol. The summed E-state index contributed by atoms with van der Waals surface area (Å²) in [6.45, 7) is 1.86. The Bertz CT molecular complexity index is 1090. The highest BCUT2D eigenvalue weighted by atomic mass is 35.5. The van der Waals surface area contributed by atoms with Gasteiger partial charge in [0.1, 0.15) is 5.82 Å². The number of aromatic nitrogens is 1. The zero-order valence-electron chi connectivity index (χ0n) is 14.3. The van der Waals surface area contributed by atoms with E-state index in [4.69, 9.17) is 11.6 Å². The largest absolute Gasteiger partial charge is 0.322 e. The van der Waals surface area contributed by atoms with Crippen LogP contribution in [0.2, 0.25) is 5.02 Å². The third-order valence-electron chi connectivity index (χ3n) is 3.79. The molecule has 3 rings (SSSR count). The highest BCUT2D eigenvalue weighted by molar-refractivity contribution is 7.92. The Morgan fingerprint density at radius 1 is 1.04 bits per heavy atom. The molecule has 2 aromatic carbocycles. The quantitative estimate of drug-likeness (QED) is 0.673. The first-order valence-electron chi connectivity index (χ1n) is 7.97. The van der Waals surface area contributed by atoms with Gasteiger partial charge in [0.05, 0.1) is 15.5 Å². The van der Waals surface area contributed by atoms with Gasteiger partial charge in [-0.2, -0.15) is 0 Å². The Morgan fingerprint density at radius 2 is 1.78 bits per heavy atom. The topological polar surface area (TPSA) is 88.2 Å². The average Bonchev–Trinajstić information content (AvgIpc) is 2.64. The molecule has 0 saturated heterocycles. The zero-order valence-corrected chi connectivity index (χ0v) is 15.9. The van der Waals surface area contributed by atoms with E-state index in [-0.39, 0.29) is 21.3 Å². The number of pyridine rings is 1. The third kappa shape index (κ3) is 4.45. The number of amides is 1. The summed E-state index contributed by atoms with van der Waals surface area (Å²) in [5.41, 5.74) is 1.56. The van der Waals surface area contributed by atoms with E-state index >= 15 is 0 Å². The molecule has 2 N–H and O–H groups in total. The number of sulfonamides is 1. The number of para-hydroxylation sites is 1. The van der Waals surface area contributed by atoms with E-state index in [1.165, 1.54) is 30.5 Å². The number of nitrogens with zero attached hydrogens (tertiary/aromatic N) is 1. The monoisotopic (exact) mass is 401 g/mol. The van der Waals surface area contributed by atoms with Crippen molar-refractivity contribution < 1.29 is 13.2 Å². The number of hydrogen-bond donors (Lipinski definition) is 2. The first-order valence-corrected chi connectivity index (χ1v) is 9.83. The van der Waals surface area contributed by atoms with Crippen molar-refractivity contribution in [2.75, 3.05) is 10.0 Å². The standard InChI is InChI=1S/C19H16ClN3O3S/c1-13-6-2-3-7-17(13)22-19(24)15-12-14(9-10-16(15)20)27(25,26)23-18-8-4-5-11-21-18/h2-12H,1H3,(H,21,23)(H,22,24). The zero-order chi connectivity index (χ0) is 19.4. The van der Waals surface area contributed by atoms with Crippen molar-refractivity contribution >= 4 is 39.0 Å². The number of anilines is 2. The van der Waals surface area contributed by atoms with Gasteiger partial charge in [-0.05, 0) is 48.9 Å².